The van der Waals surface area contributed by atoms with Gasteiger partial charge in [0, 0.05) is 30.1 Å². The summed E-state index contributed by atoms with van der Waals surface area (Å²) in [5.74, 6) is -0.553. The summed E-state index contributed by atoms with van der Waals surface area (Å²) in [7, 11) is 0. The van der Waals surface area contributed by atoms with E-state index in [-0.39, 0.29) is 6.54 Å². The Morgan fingerprint density at radius 2 is 2.05 bits per heavy atom. The van der Waals surface area contributed by atoms with Gasteiger partial charge in [0.05, 0.1) is 0 Å². The second-order valence-corrected chi connectivity index (χ2v) is 5.35. The van der Waals surface area contributed by atoms with E-state index < -0.39 is 18.6 Å². The molecule has 1 aliphatic heterocycles. The van der Waals surface area contributed by atoms with Crippen LogP contribution in [-0.4, -0.2) is 28.5 Å². The number of alkyl halides is 3. The summed E-state index contributed by atoms with van der Waals surface area (Å²) in [6.45, 7) is 0.512. The molecule has 3 nitrogen and oxygen atoms in total. The molecule has 1 amide bonds. The summed E-state index contributed by atoms with van der Waals surface area (Å²) < 4.78 is 37.6. The van der Waals surface area contributed by atoms with Crippen molar-refractivity contribution in [1.29, 1.82) is 0 Å². The number of pyridine rings is 1. The van der Waals surface area contributed by atoms with Gasteiger partial charge in [-0.15, -0.1) is 0 Å². The van der Waals surface area contributed by atoms with Crippen LogP contribution in [0.3, 0.4) is 0 Å². The predicted molar refractivity (Wildman–Crippen MR) is 75.2 cm³/mol. The monoisotopic (exact) mass is 306 g/mol. The number of aryl methyl sites for hydroxylation is 1. The second kappa shape index (κ2) is 5.12. The Balaban J connectivity index is 1.98. The van der Waals surface area contributed by atoms with E-state index in [1.807, 2.05) is 12.1 Å². The first-order valence-electron chi connectivity index (χ1n) is 6.75. The Hall–Kier alpha value is -2.37. The third-order valence-electron chi connectivity index (χ3n) is 3.64. The molecule has 0 N–H and O–H groups in total. The molecule has 1 aliphatic rings. The van der Waals surface area contributed by atoms with Gasteiger partial charge in [0.25, 0.3) is 5.91 Å². The Kier molecular flexibility index (Phi) is 3.39. The van der Waals surface area contributed by atoms with Crippen LogP contribution in [0.2, 0.25) is 0 Å². The Morgan fingerprint density at radius 1 is 1.27 bits per heavy atom. The molecule has 0 saturated heterocycles. The number of halogens is 3. The molecule has 2 heterocycles. The van der Waals surface area contributed by atoms with Crippen molar-refractivity contribution >= 4 is 5.91 Å². The summed E-state index contributed by atoms with van der Waals surface area (Å²) in [6, 6.07) is 7.25. The molecule has 3 rings (SSSR count). The van der Waals surface area contributed by atoms with Crippen molar-refractivity contribution in [2.24, 2.45) is 0 Å². The molecule has 0 spiro atoms. The van der Waals surface area contributed by atoms with E-state index in [9.17, 15) is 18.0 Å². The quantitative estimate of drug-likeness (QED) is 0.849. The minimum atomic E-state index is -4.39. The normalized spacial score (nSPS) is 14.4. The van der Waals surface area contributed by atoms with Crippen LogP contribution in [0, 0.1) is 6.92 Å². The van der Waals surface area contributed by atoms with E-state index in [0.29, 0.717) is 16.7 Å². The molecule has 1 aromatic heterocycles. The van der Waals surface area contributed by atoms with Gasteiger partial charge < -0.3 is 4.90 Å². The molecule has 0 bridgehead atoms. The average Bonchev–Trinajstić information content (AvgIpc) is 2.74. The number of aromatic nitrogens is 1. The lowest BCUT2D eigenvalue weighted by molar-refractivity contribution is -0.140. The summed E-state index contributed by atoms with van der Waals surface area (Å²) >= 11 is 0. The smallest absolute Gasteiger partial charge is 0.325 e. The predicted octanol–water partition coefficient (Wildman–Crippen LogP) is 3.58. The molecule has 0 unspecified atom stereocenters. The van der Waals surface area contributed by atoms with Gasteiger partial charge >= 0.3 is 6.18 Å². The van der Waals surface area contributed by atoms with Crippen LogP contribution in [-0.2, 0) is 6.54 Å². The number of nitrogens with zero attached hydrogens (tertiary/aromatic N) is 2. The Morgan fingerprint density at radius 3 is 2.68 bits per heavy atom. The van der Waals surface area contributed by atoms with Crippen molar-refractivity contribution in [1.82, 2.24) is 9.88 Å². The van der Waals surface area contributed by atoms with E-state index in [4.69, 9.17) is 0 Å². The van der Waals surface area contributed by atoms with Gasteiger partial charge in [-0.1, -0.05) is 12.1 Å². The van der Waals surface area contributed by atoms with E-state index in [1.54, 1.807) is 31.5 Å². The number of benzene rings is 1. The van der Waals surface area contributed by atoms with Gasteiger partial charge in [-0.2, -0.15) is 13.2 Å². The maximum atomic E-state index is 12.5. The largest absolute Gasteiger partial charge is 0.406 e. The van der Waals surface area contributed by atoms with Crippen LogP contribution < -0.4 is 0 Å². The summed E-state index contributed by atoms with van der Waals surface area (Å²) in [5.41, 5.74) is 3.43. The number of fused-ring (bicyclic) bond motifs is 1. The molecule has 0 saturated carbocycles. The van der Waals surface area contributed by atoms with Gasteiger partial charge in [-0.05, 0) is 35.7 Å². The van der Waals surface area contributed by atoms with Gasteiger partial charge in [-0.3, -0.25) is 9.78 Å². The molecular formula is C16H13F3N2O. The van der Waals surface area contributed by atoms with Crippen LogP contribution in [0.1, 0.15) is 21.5 Å². The number of carbonyl (C=O) groups is 1. The first-order chi connectivity index (χ1) is 10.3. The van der Waals surface area contributed by atoms with Crippen LogP contribution in [0.4, 0.5) is 13.2 Å². The second-order valence-electron chi connectivity index (χ2n) is 5.35. The first-order valence-corrected chi connectivity index (χ1v) is 6.75. The van der Waals surface area contributed by atoms with Gasteiger partial charge in [0.2, 0.25) is 0 Å². The SMILES string of the molecule is Cc1cc(-c2cccnc2)cc2c1C(=O)N(CC(F)(F)F)C2. The molecule has 6 heteroatoms. The van der Waals surface area contributed by atoms with Crippen LogP contribution in [0.5, 0.6) is 0 Å². The highest BCUT2D eigenvalue weighted by atomic mass is 19.4. The lowest BCUT2D eigenvalue weighted by atomic mass is 9.97. The lowest BCUT2D eigenvalue weighted by Crippen LogP contribution is -2.34. The molecule has 1 aromatic carbocycles. The number of carbonyl (C=O) groups excluding carboxylic acids is 1. The molecule has 0 aliphatic carbocycles. The Labute approximate surface area is 125 Å². The van der Waals surface area contributed by atoms with Crippen molar-refractivity contribution in [3.8, 4) is 11.1 Å². The molecule has 0 atom stereocenters. The zero-order valence-electron chi connectivity index (χ0n) is 11.8. The van der Waals surface area contributed by atoms with Crippen LogP contribution in [0.25, 0.3) is 11.1 Å². The van der Waals surface area contributed by atoms with Crippen LogP contribution >= 0.6 is 0 Å². The third kappa shape index (κ3) is 2.68. The molecule has 2 aromatic rings. The number of amides is 1. The molecular weight excluding hydrogens is 293 g/mol. The van der Waals surface area contributed by atoms with Crippen molar-refractivity contribution in [2.45, 2.75) is 19.6 Å². The van der Waals surface area contributed by atoms with E-state index in [1.165, 1.54) is 0 Å². The highest BCUT2D eigenvalue weighted by Crippen LogP contribution is 2.32. The molecule has 22 heavy (non-hydrogen) atoms. The number of rotatable bonds is 2. The summed E-state index contributed by atoms with van der Waals surface area (Å²) in [6.07, 6.45) is -1.05. The van der Waals surface area contributed by atoms with Gasteiger partial charge in [0.15, 0.2) is 0 Å². The highest BCUT2D eigenvalue weighted by molar-refractivity contribution is 6.00. The molecule has 0 fully saturated rings. The fourth-order valence-electron chi connectivity index (χ4n) is 2.77. The lowest BCUT2D eigenvalue weighted by Gasteiger charge is -2.17. The minimum absolute atomic E-state index is 0.0113. The minimum Gasteiger partial charge on any atom is -0.325 e. The fourth-order valence-corrected chi connectivity index (χ4v) is 2.77. The van der Waals surface area contributed by atoms with Gasteiger partial charge in [0.1, 0.15) is 6.54 Å². The first kappa shape index (κ1) is 14.6. The zero-order valence-corrected chi connectivity index (χ0v) is 11.8. The van der Waals surface area contributed by atoms with E-state index in [2.05, 4.69) is 4.98 Å². The zero-order chi connectivity index (χ0) is 15.9. The maximum absolute atomic E-state index is 12.5. The molecule has 0 radical (unpaired) electrons. The standard InChI is InChI=1S/C16H13F3N2O/c1-10-5-12(11-3-2-4-20-7-11)6-13-8-21(9-16(17,18)19)15(22)14(10)13/h2-7H,8-9H2,1H3. The van der Waals surface area contributed by atoms with E-state index in [0.717, 1.165) is 16.0 Å². The van der Waals surface area contributed by atoms with E-state index >= 15 is 0 Å². The molecule has 114 valence electrons. The van der Waals surface area contributed by atoms with Crippen molar-refractivity contribution in [3.05, 3.63) is 53.3 Å². The Bertz CT molecular complexity index is 726. The van der Waals surface area contributed by atoms with Crippen molar-refractivity contribution in [3.63, 3.8) is 0 Å². The van der Waals surface area contributed by atoms with Crippen molar-refractivity contribution in [2.75, 3.05) is 6.54 Å². The van der Waals surface area contributed by atoms with Crippen molar-refractivity contribution < 1.29 is 18.0 Å². The number of hydrogen-bond acceptors (Lipinski definition) is 2. The number of hydrogen-bond donors (Lipinski definition) is 0. The topological polar surface area (TPSA) is 33.2 Å². The van der Waals surface area contributed by atoms with Crippen LogP contribution in [0.15, 0.2) is 36.7 Å². The third-order valence-corrected chi connectivity index (χ3v) is 3.64. The van der Waals surface area contributed by atoms with Gasteiger partial charge in [-0.25, -0.2) is 0 Å². The highest BCUT2D eigenvalue weighted by Gasteiger charge is 2.38. The summed E-state index contributed by atoms with van der Waals surface area (Å²) in [4.78, 5) is 17.0. The average molecular weight is 306 g/mol. The maximum Gasteiger partial charge on any atom is 0.406 e. The fraction of sp³-hybridized carbons (Fsp3) is 0.250. The summed E-state index contributed by atoms with van der Waals surface area (Å²) in [5, 5.41) is 0.